The Hall–Kier alpha value is -4.39. The number of hydrogen-bond donors (Lipinski definition) is 1. The van der Waals surface area contributed by atoms with E-state index in [-0.39, 0.29) is 12.1 Å². The minimum Gasteiger partial charge on any atom is -0.497 e. The summed E-state index contributed by atoms with van der Waals surface area (Å²) < 4.78 is 18.5. The normalized spacial score (nSPS) is 14.3. The minimum absolute atomic E-state index is 0.165. The van der Waals surface area contributed by atoms with Crippen molar-refractivity contribution in [3.63, 3.8) is 0 Å². The van der Waals surface area contributed by atoms with Gasteiger partial charge in [-0.25, -0.2) is 4.79 Å². The Morgan fingerprint density at radius 3 is 2.53 bits per heavy atom. The highest BCUT2D eigenvalue weighted by molar-refractivity contribution is 5.76. The van der Waals surface area contributed by atoms with Gasteiger partial charge >= 0.3 is 6.03 Å². The molecule has 0 spiro atoms. The van der Waals surface area contributed by atoms with Gasteiger partial charge in [-0.3, -0.25) is 0 Å². The first-order valence-electron chi connectivity index (χ1n) is 11.8. The fraction of sp³-hybridized carbons (Fsp3) is 0.207. The lowest BCUT2D eigenvalue weighted by atomic mass is 10.0. The van der Waals surface area contributed by atoms with Crippen molar-refractivity contribution in [1.82, 2.24) is 14.8 Å². The third kappa shape index (κ3) is 4.35. The molecule has 2 heterocycles. The Morgan fingerprint density at radius 1 is 0.889 bits per heavy atom. The predicted molar refractivity (Wildman–Crippen MR) is 138 cm³/mol. The number of para-hydroxylation sites is 1. The second-order valence-corrected chi connectivity index (χ2v) is 8.59. The quantitative estimate of drug-likeness (QED) is 0.403. The molecule has 0 unspecified atom stereocenters. The first kappa shape index (κ1) is 23.4. The van der Waals surface area contributed by atoms with E-state index in [4.69, 9.17) is 14.2 Å². The highest BCUT2D eigenvalue weighted by Crippen LogP contribution is 2.39. The van der Waals surface area contributed by atoms with Gasteiger partial charge in [-0.15, -0.1) is 0 Å². The van der Waals surface area contributed by atoms with Crippen LogP contribution in [0, 0.1) is 0 Å². The van der Waals surface area contributed by atoms with E-state index in [1.807, 2.05) is 71.8 Å². The van der Waals surface area contributed by atoms with Crippen molar-refractivity contribution in [1.29, 1.82) is 0 Å². The lowest BCUT2D eigenvalue weighted by Crippen LogP contribution is -2.41. The third-order valence-electron chi connectivity index (χ3n) is 6.53. The summed E-state index contributed by atoms with van der Waals surface area (Å²) in [4.78, 5) is 15.7. The molecule has 7 heteroatoms. The highest BCUT2D eigenvalue weighted by Gasteiger charge is 2.33. The summed E-state index contributed by atoms with van der Waals surface area (Å²) in [5, 5.41) is 3.12. The van der Waals surface area contributed by atoms with E-state index in [9.17, 15) is 4.79 Å². The molecule has 1 aromatic heterocycles. The number of aromatic nitrogens is 1. The van der Waals surface area contributed by atoms with E-state index in [0.717, 1.165) is 33.8 Å². The van der Waals surface area contributed by atoms with E-state index in [1.54, 1.807) is 21.3 Å². The van der Waals surface area contributed by atoms with Gasteiger partial charge < -0.3 is 29.0 Å². The van der Waals surface area contributed by atoms with Gasteiger partial charge in [0, 0.05) is 18.4 Å². The summed E-state index contributed by atoms with van der Waals surface area (Å²) in [6.45, 7) is 0.828. The first-order chi connectivity index (χ1) is 17.6. The van der Waals surface area contributed by atoms with Crippen molar-refractivity contribution in [2.75, 3.05) is 21.3 Å². The molecule has 0 saturated heterocycles. The maximum Gasteiger partial charge on any atom is 0.318 e. The monoisotopic (exact) mass is 483 g/mol. The molecule has 0 radical (unpaired) electrons. The Morgan fingerprint density at radius 2 is 1.72 bits per heavy atom. The van der Waals surface area contributed by atoms with Gasteiger partial charge in [0.15, 0.2) is 11.5 Å². The smallest absolute Gasteiger partial charge is 0.318 e. The van der Waals surface area contributed by atoms with Crippen LogP contribution in [0.2, 0.25) is 0 Å². The van der Waals surface area contributed by atoms with Gasteiger partial charge in [0.2, 0.25) is 0 Å². The number of carbonyl (C=O) groups excluding carboxylic acids is 1. The van der Waals surface area contributed by atoms with Crippen molar-refractivity contribution >= 4 is 6.03 Å². The van der Waals surface area contributed by atoms with E-state index >= 15 is 0 Å². The van der Waals surface area contributed by atoms with Crippen LogP contribution in [0.1, 0.15) is 28.4 Å². The van der Waals surface area contributed by atoms with Gasteiger partial charge in [-0.2, -0.15) is 0 Å². The summed E-state index contributed by atoms with van der Waals surface area (Å²) in [6, 6.07) is 25.3. The predicted octanol–water partition coefficient (Wildman–Crippen LogP) is 5.32. The van der Waals surface area contributed by atoms with Crippen LogP contribution in [0.3, 0.4) is 0 Å². The van der Waals surface area contributed by atoms with Crippen LogP contribution in [-0.2, 0) is 13.1 Å². The molecule has 3 aromatic carbocycles. The minimum atomic E-state index is -0.350. The van der Waals surface area contributed by atoms with Crippen LogP contribution in [0.4, 0.5) is 4.79 Å². The molecule has 7 nitrogen and oxygen atoms in total. The number of hydrogen-bond acceptors (Lipinski definition) is 4. The van der Waals surface area contributed by atoms with Gasteiger partial charge in [-0.05, 0) is 59.2 Å². The largest absolute Gasteiger partial charge is 0.497 e. The van der Waals surface area contributed by atoms with Crippen molar-refractivity contribution < 1.29 is 19.0 Å². The summed E-state index contributed by atoms with van der Waals surface area (Å²) in [5.74, 6) is 2.01. The van der Waals surface area contributed by atoms with E-state index in [2.05, 4.69) is 28.1 Å². The van der Waals surface area contributed by atoms with Crippen LogP contribution in [-0.4, -0.2) is 36.8 Å². The van der Waals surface area contributed by atoms with Crippen molar-refractivity contribution in [2.24, 2.45) is 0 Å². The summed E-state index contributed by atoms with van der Waals surface area (Å²) in [7, 11) is 4.87. The molecule has 1 aliphatic rings. The molecule has 184 valence electrons. The number of nitrogens with one attached hydrogen (secondary N) is 1. The molecule has 36 heavy (non-hydrogen) atoms. The number of fused-ring (bicyclic) bond motifs is 3. The Kier molecular flexibility index (Phi) is 6.54. The van der Waals surface area contributed by atoms with Crippen LogP contribution in [0.5, 0.6) is 17.2 Å². The average Bonchev–Trinajstić information content (AvgIpc) is 3.35. The lowest BCUT2D eigenvalue weighted by Gasteiger charge is -2.31. The molecule has 0 bridgehead atoms. The standard InChI is InChI=1S/C29H29N3O4/c1-34-23-10-6-8-20(16-23)18-30-29(33)32-19-22-9-4-5-11-24(22)31-15-7-12-25(31)28(32)21-13-14-26(35-2)27(17-21)36-3/h4-17,28H,18-19H2,1-3H3,(H,30,33)/t28-/m1/s1. The molecular weight excluding hydrogens is 454 g/mol. The van der Waals surface area contributed by atoms with E-state index in [0.29, 0.717) is 24.6 Å². The molecule has 0 fully saturated rings. The molecular formula is C29H29N3O4. The van der Waals surface area contributed by atoms with E-state index in [1.165, 1.54) is 0 Å². The van der Waals surface area contributed by atoms with Gasteiger partial charge in [0.05, 0.1) is 39.6 Å². The number of ether oxygens (including phenoxy) is 3. The van der Waals surface area contributed by atoms with Gasteiger partial charge in [-0.1, -0.05) is 36.4 Å². The second kappa shape index (κ2) is 10.1. The molecule has 1 aliphatic heterocycles. The van der Waals surface area contributed by atoms with Crippen molar-refractivity contribution in [2.45, 2.75) is 19.1 Å². The van der Waals surface area contributed by atoms with Crippen LogP contribution in [0.15, 0.2) is 85.1 Å². The fourth-order valence-electron chi connectivity index (χ4n) is 4.77. The summed E-state index contributed by atoms with van der Waals surface area (Å²) in [6.07, 6.45) is 2.04. The van der Waals surface area contributed by atoms with Crippen molar-refractivity contribution in [3.05, 3.63) is 107 Å². The maximum absolute atomic E-state index is 13.8. The first-order valence-corrected chi connectivity index (χ1v) is 11.8. The molecule has 1 atom stereocenters. The van der Waals surface area contributed by atoms with Gasteiger partial charge in [0.1, 0.15) is 5.75 Å². The lowest BCUT2D eigenvalue weighted by molar-refractivity contribution is 0.180. The number of amides is 2. The molecule has 1 N–H and O–H groups in total. The second-order valence-electron chi connectivity index (χ2n) is 8.59. The average molecular weight is 484 g/mol. The number of rotatable bonds is 6. The summed E-state index contributed by atoms with van der Waals surface area (Å²) >= 11 is 0. The number of benzene rings is 3. The van der Waals surface area contributed by atoms with Crippen LogP contribution < -0.4 is 19.5 Å². The molecule has 4 aromatic rings. The van der Waals surface area contributed by atoms with E-state index < -0.39 is 0 Å². The Labute approximate surface area is 210 Å². The van der Waals surface area contributed by atoms with Crippen LogP contribution in [0.25, 0.3) is 5.69 Å². The summed E-state index contributed by atoms with van der Waals surface area (Å²) in [5.41, 5.74) is 5.00. The number of methoxy groups -OCH3 is 3. The maximum atomic E-state index is 13.8. The van der Waals surface area contributed by atoms with Crippen LogP contribution >= 0.6 is 0 Å². The third-order valence-corrected chi connectivity index (χ3v) is 6.53. The molecule has 0 aliphatic carbocycles. The van der Waals surface area contributed by atoms with Crippen molar-refractivity contribution in [3.8, 4) is 22.9 Å². The molecule has 2 amide bonds. The topological polar surface area (TPSA) is 65.0 Å². The highest BCUT2D eigenvalue weighted by atomic mass is 16.5. The Balaban J connectivity index is 1.56. The number of carbonyl (C=O) groups is 1. The fourth-order valence-corrected chi connectivity index (χ4v) is 4.77. The number of urea groups is 1. The number of nitrogens with zero attached hydrogens (tertiary/aromatic N) is 2. The SMILES string of the molecule is COc1cccc(CNC(=O)N2Cc3ccccc3-n3cccc3[C@H]2c2ccc(OC)c(OC)c2)c1. The van der Waals surface area contributed by atoms with Gasteiger partial charge in [0.25, 0.3) is 0 Å². The zero-order chi connectivity index (χ0) is 25.1. The molecule has 0 saturated carbocycles. The molecule has 5 rings (SSSR count). The Bertz CT molecular complexity index is 1380. The zero-order valence-corrected chi connectivity index (χ0v) is 20.6. The zero-order valence-electron chi connectivity index (χ0n) is 20.6.